The van der Waals surface area contributed by atoms with Gasteiger partial charge in [-0.2, -0.15) is 0 Å². The Bertz CT molecular complexity index is 5.25. The van der Waals surface area contributed by atoms with Crippen LogP contribution in [-0.4, -0.2) is 9.52 Å². The van der Waals surface area contributed by atoms with Gasteiger partial charge in [-0.3, -0.25) is 0 Å². The van der Waals surface area contributed by atoms with E-state index in [1.807, 2.05) is 0 Å². The molecule has 0 aromatic heterocycles. The molecule has 0 spiro atoms. The first-order chi connectivity index (χ1) is 1.91. The minimum atomic E-state index is 1.14. The largest absolute Gasteiger partial charge is 0.0733 e. The highest BCUT2D eigenvalue weighted by Gasteiger charge is 1.59. The van der Waals surface area contributed by atoms with Crippen molar-refractivity contribution in [2.24, 2.45) is 0 Å². The van der Waals surface area contributed by atoms with E-state index in [1.54, 1.807) is 0 Å². The number of hydrogen-bond acceptors (Lipinski definition) is 0. The molecule has 24 valence electrons. The summed E-state index contributed by atoms with van der Waals surface area (Å²) in [7, 11) is 1.14. The van der Waals surface area contributed by atoms with E-state index in [1.165, 1.54) is 6.04 Å². The van der Waals surface area contributed by atoms with E-state index in [0.717, 1.165) is 9.52 Å². The molecular weight excluding hydrogens is 64.1 g/mol. The van der Waals surface area contributed by atoms with Gasteiger partial charge in [-0.05, 0) is 0 Å². The van der Waals surface area contributed by atoms with E-state index in [0.29, 0.717) is 0 Å². The van der Waals surface area contributed by atoms with Crippen LogP contribution in [0.1, 0.15) is 6.92 Å². The summed E-state index contributed by atoms with van der Waals surface area (Å²) in [6.07, 6.45) is 0. The second-order valence-electron chi connectivity index (χ2n) is 0.707. The average molecular weight is 72.2 g/mol. The fraction of sp³-hybridized carbons (Fsp3) is 1.00. The van der Waals surface area contributed by atoms with E-state index in [2.05, 4.69) is 13.5 Å². The second kappa shape index (κ2) is 3.22. The number of rotatable bonds is 1. The van der Waals surface area contributed by atoms with Crippen LogP contribution >= 0.6 is 0 Å². The molecule has 0 atom stereocenters. The fourth-order valence-electron chi connectivity index (χ4n) is 0. The lowest BCUT2D eigenvalue weighted by Gasteiger charge is -1.65. The zero-order chi connectivity index (χ0) is 3.41. The third kappa shape index (κ3) is 2.22. The maximum Gasteiger partial charge on any atom is 0.0339 e. The highest BCUT2D eigenvalue weighted by molar-refractivity contribution is 6.33. The van der Waals surface area contributed by atoms with Crippen LogP contribution in [-0.2, 0) is 0 Å². The molecule has 2 radical (unpaired) electrons. The molecule has 0 saturated heterocycles. The molecule has 0 bridgehead atoms. The highest BCUT2D eigenvalue weighted by atomic mass is 28.2. The maximum absolute atomic E-state index is 2.21. The maximum atomic E-state index is 2.21. The van der Waals surface area contributed by atoms with Gasteiger partial charge in [0, 0.05) is 9.52 Å². The summed E-state index contributed by atoms with van der Waals surface area (Å²) in [5.41, 5.74) is 0. The van der Waals surface area contributed by atoms with Crippen LogP contribution < -0.4 is 0 Å². The molecule has 0 saturated carbocycles. The first-order valence-electron chi connectivity index (χ1n) is 1.56. The molecular formula is C3H8Si. The van der Waals surface area contributed by atoms with Crippen LogP contribution in [0, 0.1) is 0 Å². The van der Waals surface area contributed by atoms with Crippen molar-refractivity contribution in [1.29, 1.82) is 0 Å². The SMILES string of the molecule is CC[Si]C. The molecule has 0 aliphatic heterocycles. The first-order valence-corrected chi connectivity index (χ1v) is 3.27. The van der Waals surface area contributed by atoms with Crippen molar-refractivity contribution in [3.8, 4) is 0 Å². The van der Waals surface area contributed by atoms with Crippen molar-refractivity contribution >= 4 is 9.52 Å². The van der Waals surface area contributed by atoms with Gasteiger partial charge in [0.15, 0.2) is 0 Å². The fourth-order valence-corrected chi connectivity index (χ4v) is 0. The molecule has 0 fully saturated rings. The van der Waals surface area contributed by atoms with Gasteiger partial charge in [-0.15, -0.1) is 0 Å². The zero-order valence-corrected chi connectivity index (χ0v) is 4.21. The van der Waals surface area contributed by atoms with Crippen LogP contribution in [0.2, 0.25) is 12.6 Å². The standard InChI is InChI=1S/C3H8Si/c1-3-4-2/h3H2,1-2H3. The molecule has 0 aromatic carbocycles. The van der Waals surface area contributed by atoms with Gasteiger partial charge in [-0.25, -0.2) is 0 Å². The smallest absolute Gasteiger partial charge is 0.0339 e. The topological polar surface area (TPSA) is 0 Å². The first kappa shape index (κ1) is 4.22. The molecule has 0 unspecified atom stereocenters. The summed E-state index contributed by atoms with van der Waals surface area (Å²) in [5.74, 6) is 0. The molecule has 4 heavy (non-hydrogen) atoms. The molecule has 0 aromatic rings. The molecule has 0 N–H and O–H groups in total. The van der Waals surface area contributed by atoms with E-state index >= 15 is 0 Å². The Balaban J connectivity index is 1.97. The molecule has 0 heterocycles. The predicted octanol–water partition coefficient (Wildman–Crippen LogP) is 1.18. The summed E-state index contributed by atoms with van der Waals surface area (Å²) in [6.45, 7) is 4.40. The Morgan fingerprint density at radius 1 is 1.75 bits per heavy atom. The summed E-state index contributed by atoms with van der Waals surface area (Å²) in [4.78, 5) is 0. The normalized spacial score (nSPS) is 7.50. The Hall–Kier alpha value is 0.217. The van der Waals surface area contributed by atoms with Gasteiger partial charge < -0.3 is 0 Å². The van der Waals surface area contributed by atoms with E-state index < -0.39 is 0 Å². The van der Waals surface area contributed by atoms with Gasteiger partial charge in [0.2, 0.25) is 0 Å². The van der Waals surface area contributed by atoms with Crippen LogP contribution in [0.4, 0.5) is 0 Å². The Kier molecular flexibility index (Phi) is 3.39. The van der Waals surface area contributed by atoms with Crippen molar-refractivity contribution in [2.45, 2.75) is 19.5 Å². The summed E-state index contributed by atoms with van der Waals surface area (Å²) in [5, 5.41) is 0. The lowest BCUT2D eigenvalue weighted by Crippen LogP contribution is -1.67. The van der Waals surface area contributed by atoms with Crippen molar-refractivity contribution in [3.63, 3.8) is 0 Å². The Labute approximate surface area is 30.0 Å². The van der Waals surface area contributed by atoms with Gasteiger partial charge >= 0.3 is 0 Å². The molecule has 0 amide bonds. The molecule has 0 nitrogen and oxygen atoms in total. The van der Waals surface area contributed by atoms with Crippen LogP contribution in [0.3, 0.4) is 0 Å². The minimum absolute atomic E-state index is 1.14. The quantitative estimate of drug-likeness (QED) is 0.408. The van der Waals surface area contributed by atoms with Crippen LogP contribution in [0.5, 0.6) is 0 Å². The zero-order valence-electron chi connectivity index (χ0n) is 3.21. The van der Waals surface area contributed by atoms with Gasteiger partial charge in [0.1, 0.15) is 0 Å². The van der Waals surface area contributed by atoms with Gasteiger partial charge in [0.25, 0.3) is 0 Å². The lowest BCUT2D eigenvalue weighted by atomic mass is 11.0. The van der Waals surface area contributed by atoms with E-state index in [9.17, 15) is 0 Å². The summed E-state index contributed by atoms with van der Waals surface area (Å²) in [6, 6.07) is 1.35. The third-order valence-electron chi connectivity index (χ3n) is 0.354. The Morgan fingerprint density at radius 2 is 2.00 bits per heavy atom. The second-order valence-corrected chi connectivity index (χ2v) is 2.12. The van der Waals surface area contributed by atoms with Gasteiger partial charge in [-0.1, -0.05) is 19.5 Å². The van der Waals surface area contributed by atoms with Crippen molar-refractivity contribution < 1.29 is 0 Å². The predicted molar refractivity (Wildman–Crippen MR) is 22.1 cm³/mol. The summed E-state index contributed by atoms with van der Waals surface area (Å²) >= 11 is 0. The Morgan fingerprint density at radius 3 is 2.00 bits per heavy atom. The van der Waals surface area contributed by atoms with E-state index in [4.69, 9.17) is 0 Å². The minimum Gasteiger partial charge on any atom is -0.0733 e. The van der Waals surface area contributed by atoms with Crippen molar-refractivity contribution in [3.05, 3.63) is 0 Å². The van der Waals surface area contributed by atoms with Crippen LogP contribution in [0.25, 0.3) is 0 Å². The monoisotopic (exact) mass is 72.0 g/mol. The van der Waals surface area contributed by atoms with Gasteiger partial charge in [0.05, 0.1) is 0 Å². The van der Waals surface area contributed by atoms with Crippen molar-refractivity contribution in [1.82, 2.24) is 0 Å². The average Bonchev–Trinajstić information content (AvgIpc) is 1.37. The molecule has 0 aliphatic carbocycles. The summed E-state index contributed by atoms with van der Waals surface area (Å²) < 4.78 is 0. The molecule has 0 rings (SSSR count). The molecule has 1 heteroatoms. The third-order valence-corrected chi connectivity index (χ3v) is 1.06. The lowest BCUT2D eigenvalue weighted by molar-refractivity contribution is 1.45. The molecule has 0 aliphatic rings. The number of hydrogen-bond donors (Lipinski definition) is 0. The van der Waals surface area contributed by atoms with Crippen LogP contribution in [0.15, 0.2) is 0 Å². The van der Waals surface area contributed by atoms with E-state index in [-0.39, 0.29) is 0 Å². The highest BCUT2D eigenvalue weighted by Crippen LogP contribution is 1.64. The van der Waals surface area contributed by atoms with Crippen molar-refractivity contribution in [2.75, 3.05) is 0 Å².